The third-order valence-electron chi connectivity index (χ3n) is 3.16. The number of benzene rings is 2. The Morgan fingerprint density at radius 1 is 1.09 bits per heavy atom. The lowest BCUT2D eigenvalue weighted by Gasteiger charge is -2.06. The van der Waals surface area contributed by atoms with Gasteiger partial charge in [0.1, 0.15) is 0 Å². The highest BCUT2D eigenvalue weighted by Gasteiger charge is 1.99. The summed E-state index contributed by atoms with van der Waals surface area (Å²) in [4.78, 5) is 11.6. The Bertz CT molecular complexity index is 606. The minimum Gasteiger partial charge on any atom is -0.385 e. The lowest BCUT2D eigenvalue weighted by atomic mass is 10.2. The molecule has 2 aromatic carbocycles. The average molecular weight is 295 g/mol. The number of hydrogen-bond acceptors (Lipinski definition) is 3. The van der Waals surface area contributed by atoms with E-state index in [4.69, 9.17) is 0 Å². The summed E-state index contributed by atoms with van der Waals surface area (Å²) in [6, 6.07) is 17.9. The van der Waals surface area contributed by atoms with Gasteiger partial charge in [-0.15, -0.1) is 0 Å². The number of carbonyl (C=O) groups excluding carboxylic acids is 1. The third kappa shape index (κ3) is 5.79. The zero-order valence-corrected chi connectivity index (χ0v) is 12.8. The monoisotopic (exact) mass is 295 g/mol. The molecule has 0 atom stereocenters. The smallest absolute Gasteiger partial charge is 0.240 e. The highest BCUT2D eigenvalue weighted by molar-refractivity contribution is 5.82. The molecule has 0 aliphatic rings. The van der Waals surface area contributed by atoms with Gasteiger partial charge in [-0.2, -0.15) is 5.10 Å². The molecule has 0 spiro atoms. The maximum atomic E-state index is 11.6. The van der Waals surface area contributed by atoms with Crippen LogP contribution in [-0.4, -0.2) is 18.7 Å². The van der Waals surface area contributed by atoms with Gasteiger partial charge >= 0.3 is 0 Å². The fourth-order valence-corrected chi connectivity index (χ4v) is 1.93. The molecule has 0 aliphatic heterocycles. The number of carbonyl (C=O) groups is 1. The Morgan fingerprint density at radius 2 is 1.82 bits per heavy atom. The van der Waals surface area contributed by atoms with E-state index < -0.39 is 0 Å². The predicted octanol–water partition coefficient (Wildman–Crippen LogP) is 3.34. The van der Waals surface area contributed by atoms with Crippen molar-refractivity contribution in [1.82, 2.24) is 5.43 Å². The lowest BCUT2D eigenvalue weighted by molar-refractivity contribution is -0.121. The number of hydrazone groups is 1. The molecule has 22 heavy (non-hydrogen) atoms. The molecule has 0 unspecified atom stereocenters. The van der Waals surface area contributed by atoms with Crippen LogP contribution in [0, 0.1) is 6.92 Å². The summed E-state index contributed by atoms with van der Waals surface area (Å²) in [5, 5.41) is 7.23. The summed E-state index contributed by atoms with van der Waals surface area (Å²) in [5.74, 6) is -0.0714. The van der Waals surface area contributed by atoms with Crippen LogP contribution >= 0.6 is 0 Å². The molecule has 0 aliphatic carbocycles. The predicted molar refractivity (Wildman–Crippen MR) is 91.1 cm³/mol. The molecular formula is C18H21N3O. The van der Waals surface area contributed by atoms with Crippen LogP contribution in [0.2, 0.25) is 0 Å². The highest BCUT2D eigenvalue weighted by Crippen LogP contribution is 2.08. The first-order chi connectivity index (χ1) is 10.7. The molecule has 0 heterocycles. The Hall–Kier alpha value is -2.62. The largest absolute Gasteiger partial charge is 0.385 e. The van der Waals surface area contributed by atoms with Crippen LogP contribution < -0.4 is 10.7 Å². The van der Waals surface area contributed by atoms with E-state index in [0.29, 0.717) is 6.42 Å². The van der Waals surface area contributed by atoms with Gasteiger partial charge in [0.05, 0.1) is 6.21 Å². The third-order valence-corrected chi connectivity index (χ3v) is 3.16. The van der Waals surface area contributed by atoms with Crippen molar-refractivity contribution in [2.75, 3.05) is 11.9 Å². The highest BCUT2D eigenvalue weighted by atomic mass is 16.2. The van der Waals surface area contributed by atoms with Crippen molar-refractivity contribution in [2.45, 2.75) is 19.8 Å². The molecule has 0 saturated heterocycles. The molecule has 1 amide bonds. The van der Waals surface area contributed by atoms with Gasteiger partial charge in [-0.05, 0) is 31.0 Å². The fourth-order valence-electron chi connectivity index (χ4n) is 1.93. The lowest BCUT2D eigenvalue weighted by Crippen LogP contribution is -2.18. The Kier molecular flexibility index (Phi) is 6.18. The second-order valence-corrected chi connectivity index (χ2v) is 5.10. The zero-order chi connectivity index (χ0) is 15.6. The zero-order valence-electron chi connectivity index (χ0n) is 12.8. The number of rotatable bonds is 7. The normalized spacial score (nSPS) is 10.6. The second kappa shape index (κ2) is 8.62. The molecule has 0 bridgehead atoms. The van der Waals surface area contributed by atoms with Crippen molar-refractivity contribution in [3.8, 4) is 0 Å². The number of anilines is 1. The van der Waals surface area contributed by atoms with Crippen LogP contribution in [0.3, 0.4) is 0 Å². The van der Waals surface area contributed by atoms with Gasteiger partial charge < -0.3 is 5.32 Å². The van der Waals surface area contributed by atoms with Crippen molar-refractivity contribution in [3.05, 3.63) is 65.7 Å². The first-order valence-corrected chi connectivity index (χ1v) is 7.41. The van der Waals surface area contributed by atoms with Crippen LogP contribution in [0.25, 0.3) is 0 Å². The fraction of sp³-hybridized carbons (Fsp3) is 0.222. The number of nitrogens with zero attached hydrogens (tertiary/aromatic N) is 1. The van der Waals surface area contributed by atoms with Crippen LogP contribution in [0.15, 0.2) is 59.7 Å². The van der Waals surface area contributed by atoms with Gasteiger partial charge in [-0.3, -0.25) is 4.79 Å². The van der Waals surface area contributed by atoms with E-state index in [-0.39, 0.29) is 5.91 Å². The summed E-state index contributed by atoms with van der Waals surface area (Å²) in [5.41, 5.74) is 5.82. The van der Waals surface area contributed by atoms with Crippen molar-refractivity contribution < 1.29 is 4.79 Å². The van der Waals surface area contributed by atoms with E-state index in [1.54, 1.807) is 6.21 Å². The molecule has 0 aromatic heterocycles. The number of aryl methyl sites for hydroxylation is 1. The van der Waals surface area contributed by atoms with E-state index in [1.165, 1.54) is 5.56 Å². The van der Waals surface area contributed by atoms with E-state index in [1.807, 2.05) is 42.5 Å². The summed E-state index contributed by atoms with van der Waals surface area (Å²) in [6.45, 7) is 2.82. The van der Waals surface area contributed by atoms with E-state index in [2.05, 4.69) is 34.9 Å². The number of nitrogens with one attached hydrogen (secondary N) is 2. The summed E-state index contributed by atoms with van der Waals surface area (Å²) < 4.78 is 0. The summed E-state index contributed by atoms with van der Waals surface area (Å²) >= 11 is 0. The van der Waals surface area contributed by atoms with Gasteiger partial charge in [0.25, 0.3) is 0 Å². The van der Waals surface area contributed by atoms with Crippen molar-refractivity contribution in [3.63, 3.8) is 0 Å². The van der Waals surface area contributed by atoms with Crippen LogP contribution in [0.1, 0.15) is 24.0 Å². The SMILES string of the molecule is Cc1ccc(NCCCC(=O)NN=Cc2ccccc2)cc1. The van der Waals surface area contributed by atoms with Gasteiger partial charge in [-0.25, -0.2) is 5.43 Å². The van der Waals surface area contributed by atoms with Gasteiger partial charge in [-0.1, -0.05) is 48.0 Å². The molecule has 0 radical (unpaired) electrons. The molecule has 0 fully saturated rings. The standard InChI is InChI=1S/C18H21N3O/c1-15-9-11-17(12-10-15)19-13-5-8-18(22)21-20-14-16-6-3-2-4-7-16/h2-4,6-7,9-12,14,19H,5,8,13H2,1H3,(H,21,22). The van der Waals surface area contributed by atoms with Crippen molar-refractivity contribution >= 4 is 17.8 Å². The van der Waals surface area contributed by atoms with Crippen LogP contribution in [-0.2, 0) is 4.79 Å². The van der Waals surface area contributed by atoms with E-state index in [9.17, 15) is 4.79 Å². The molecule has 0 saturated carbocycles. The Balaban J connectivity index is 1.61. The molecule has 2 rings (SSSR count). The molecule has 4 heteroatoms. The van der Waals surface area contributed by atoms with Gasteiger partial charge in [0.2, 0.25) is 5.91 Å². The molecule has 114 valence electrons. The first-order valence-electron chi connectivity index (χ1n) is 7.41. The summed E-state index contributed by atoms with van der Waals surface area (Å²) in [6.07, 6.45) is 2.86. The maximum absolute atomic E-state index is 11.6. The topological polar surface area (TPSA) is 53.5 Å². The minimum atomic E-state index is -0.0714. The Morgan fingerprint density at radius 3 is 2.55 bits per heavy atom. The maximum Gasteiger partial charge on any atom is 0.240 e. The van der Waals surface area contributed by atoms with Gasteiger partial charge in [0, 0.05) is 18.7 Å². The van der Waals surface area contributed by atoms with Crippen LogP contribution in [0.5, 0.6) is 0 Å². The van der Waals surface area contributed by atoms with E-state index in [0.717, 1.165) is 24.2 Å². The minimum absolute atomic E-state index is 0.0714. The van der Waals surface area contributed by atoms with Gasteiger partial charge in [0.15, 0.2) is 0 Å². The average Bonchev–Trinajstić information content (AvgIpc) is 2.54. The molecular weight excluding hydrogens is 274 g/mol. The number of hydrogen-bond donors (Lipinski definition) is 2. The molecule has 4 nitrogen and oxygen atoms in total. The first kappa shape index (κ1) is 15.8. The second-order valence-electron chi connectivity index (χ2n) is 5.10. The number of amides is 1. The van der Waals surface area contributed by atoms with Crippen molar-refractivity contribution in [1.29, 1.82) is 0 Å². The molecule has 2 aromatic rings. The molecule has 2 N–H and O–H groups in total. The van der Waals surface area contributed by atoms with Crippen molar-refractivity contribution in [2.24, 2.45) is 5.10 Å². The van der Waals surface area contributed by atoms with Crippen LogP contribution in [0.4, 0.5) is 5.69 Å². The quantitative estimate of drug-likeness (QED) is 0.467. The Labute approximate surface area is 131 Å². The summed E-state index contributed by atoms with van der Waals surface area (Å²) in [7, 11) is 0. The van der Waals surface area contributed by atoms with E-state index >= 15 is 0 Å².